The SMILES string of the molecule is CC(C)CC(CN)CC(=O)N(C)CC1CCN(C)C1. The first-order chi connectivity index (χ1) is 8.92. The van der Waals surface area contributed by atoms with E-state index in [2.05, 4.69) is 25.8 Å². The number of carbonyl (C=O) groups is 1. The maximum Gasteiger partial charge on any atom is 0.222 e. The van der Waals surface area contributed by atoms with Gasteiger partial charge in [-0.3, -0.25) is 4.79 Å². The number of hydrogen-bond acceptors (Lipinski definition) is 3. The molecule has 19 heavy (non-hydrogen) atoms. The standard InChI is InChI=1S/C15H31N3O/c1-12(2)7-14(9-16)8-15(19)18(4)11-13-5-6-17(3)10-13/h12-14H,5-11,16H2,1-4H3. The fraction of sp³-hybridized carbons (Fsp3) is 0.933. The summed E-state index contributed by atoms with van der Waals surface area (Å²) in [5, 5.41) is 0. The lowest BCUT2D eigenvalue weighted by Gasteiger charge is -2.24. The molecule has 1 heterocycles. The summed E-state index contributed by atoms with van der Waals surface area (Å²) in [5.41, 5.74) is 5.77. The molecule has 1 aliphatic rings. The Morgan fingerprint density at radius 3 is 2.63 bits per heavy atom. The second-order valence-electron chi connectivity index (χ2n) is 6.63. The molecule has 0 aromatic rings. The van der Waals surface area contributed by atoms with Crippen LogP contribution in [0.25, 0.3) is 0 Å². The summed E-state index contributed by atoms with van der Waals surface area (Å²) < 4.78 is 0. The Labute approximate surface area is 118 Å². The zero-order chi connectivity index (χ0) is 14.4. The van der Waals surface area contributed by atoms with Crippen LogP contribution in [0.5, 0.6) is 0 Å². The predicted octanol–water partition coefficient (Wildman–Crippen LogP) is 1.41. The highest BCUT2D eigenvalue weighted by Gasteiger charge is 2.23. The smallest absolute Gasteiger partial charge is 0.222 e. The van der Waals surface area contributed by atoms with Crippen LogP contribution in [-0.4, -0.2) is 56.0 Å². The van der Waals surface area contributed by atoms with E-state index in [0.29, 0.717) is 30.7 Å². The van der Waals surface area contributed by atoms with Gasteiger partial charge in [0.2, 0.25) is 5.91 Å². The zero-order valence-corrected chi connectivity index (χ0v) is 13.1. The fourth-order valence-corrected chi connectivity index (χ4v) is 3.00. The van der Waals surface area contributed by atoms with Crippen molar-refractivity contribution in [3.05, 3.63) is 0 Å². The Kier molecular flexibility index (Phi) is 6.80. The van der Waals surface area contributed by atoms with Crippen LogP contribution in [0.1, 0.15) is 33.1 Å². The second kappa shape index (κ2) is 7.85. The van der Waals surface area contributed by atoms with Gasteiger partial charge < -0.3 is 15.5 Å². The topological polar surface area (TPSA) is 49.6 Å². The van der Waals surface area contributed by atoms with Gasteiger partial charge in [-0.05, 0) is 50.7 Å². The van der Waals surface area contributed by atoms with Gasteiger partial charge >= 0.3 is 0 Å². The van der Waals surface area contributed by atoms with E-state index in [1.54, 1.807) is 0 Å². The molecule has 2 N–H and O–H groups in total. The number of likely N-dealkylation sites (tertiary alicyclic amines) is 1. The number of nitrogens with zero attached hydrogens (tertiary/aromatic N) is 2. The van der Waals surface area contributed by atoms with Gasteiger partial charge in [0.25, 0.3) is 0 Å². The molecule has 1 amide bonds. The first kappa shape index (κ1) is 16.4. The van der Waals surface area contributed by atoms with Gasteiger partial charge in [0.1, 0.15) is 0 Å². The third-order valence-electron chi connectivity index (χ3n) is 4.05. The van der Waals surface area contributed by atoms with Crippen LogP contribution in [-0.2, 0) is 4.79 Å². The predicted molar refractivity (Wildman–Crippen MR) is 79.9 cm³/mol. The first-order valence-electron chi connectivity index (χ1n) is 7.55. The number of amides is 1. The van der Waals surface area contributed by atoms with E-state index >= 15 is 0 Å². The summed E-state index contributed by atoms with van der Waals surface area (Å²) in [6.07, 6.45) is 2.86. The van der Waals surface area contributed by atoms with Crippen molar-refractivity contribution in [1.29, 1.82) is 0 Å². The molecule has 0 radical (unpaired) electrons. The maximum atomic E-state index is 12.2. The van der Waals surface area contributed by atoms with Gasteiger partial charge in [-0.15, -0.1) is 0 Å². The summed E-state index contributed by atoms with van der Waals surface area (Å²) in [6, 6.07) is 0. The molecule has 112 valence electrons. The minimum atomic E-state index is 0.255. The largest absolute Gasteiger partial charge is 0.345 e. The van der Waals surface area contributed by atoms with Crippen LogP contribution in [0, 0.1) is 17.8 Å². The Balaban J connectivity index is 2.34. The molecule has 0 bridgehead atoms. The monoisotopic (exact) mass is 269 g/mol. The van der Waals surface area contributed by atoms with Crippen LogP contribution in [0.2, 0.25) is 0 Å². The average Bonchev–Trinajstić information content (AvgIpc) is 2.73. The minimum Gasteiger partial charge on any atom is -0.345 e. The Bertz CT molecular complexity index is 281. The molecule has 0 saturated carbocycles. The van der Waals surface area contributed by atoms with Crippen molar-refractivity contribution in [2.75, 3.05) is 40.3 Å². The van der Waals surface area contributed by atoms with Gasteiger partial charge in [0.15, 0.2) is 0 Å². The third kappa shape index (κ3) is 5.91. The molecule has 1 aliphatic heterocycles. The van der Waals surface area contributed by atoms with Crippen LogP contribution in [0.3, 0.4) is 0 Å². The molecular formula is C15H31N3O. The van der Waals surface area contributed by atoms with Crippen LogP contribution >= 0.6 is 0 Å². The summed E-state index contributed by atoms with van der Waals surface area (Å²) in [7, 11) is 4.08. The van der Waals surface area contributed by atoms with Crippen LogP contribution in [0.15, 0.2) is 0 Å². The first-order valence-corrected chi connectivity index (χ1v) is 7.55. The van der Waals surface area contributed by atoms with E-state index in [1.807, 2.05) is 11.9 Å². The fourth-order valence-electron chi connectivity index (χ4n) is 3.00. The van der Waals surface area contributed by atoms with Crippen molar-refractivity contribution in [2.24, 2.45) is 23.5 Å². The van der Waals surface area contributed by atoms with Crippen LogP contribution in [0.4, 0.5) is 0 Å². The van der Waals surface area contributed by atoms with Crippen molar-refractivity contribution >= 4 is 5.91 Å². The molecule has 0 spiro atoms. The number of nitrogens with two attached hydrogens (primary N) is 1. The summed E-state index contributed by atoms with van der Waals surface area (Å²) in [4.78, 5) is 16.5. The van der Waals surface area contributed by atoms with Crippen molar-refractivity contribution in [3.8, 4) is 0 Å². The highest BCUT2D eigenvalue weighted by Crippen LogP contribution is 2.18. The van der Waals surface area contributed by atoms with Gasteiger partial charge in [-0.2, -0.15) is 0 Å². The zero-order valence-electron chi connectivity index (χ0n) is 13.1. The number of hydrogen-bond donors (Lipinski definition) is 1. The highest BCUT2D eigenvalue weighted by atomic mass is 16.2. The van der Waals surface area contributed by atoms with Crippen molar-refractivity contribution in [1.82, 2.24) is 9.80 Å². The van der Waals surface area contributed by atoms with Crippen molar-refractivity contribution in [3.63, 3.8) is 0 Å². The Morgan fingerprint density at radius 2 is 2.16 bits per heavy atom. The van der Waals surface area contributed by atoms with E-state index < -0.39 is 0 Å². The van der Waals surface area contributed by atoms with Gasteiger partial charge in [-0.25, -0.2) is 0 Å². The summed E-state index contributed by atoms with van der Waals surface area (Å²) in [6.45, 7) is 8.15. The Hall–Kier alpha value is -0.610. The minimum absolute atomic E-state index is 0.255. The molecule has 2 unspecified atom stereocenters. The molecule has 4 nitrogen and oxygen atoms in total. The molecule has 1 rings (SSSR count). The summed E-state index contributed by atoms with van der Waals surface area (Å²) >= 11 is 0. The van der Waals surface area contributed by atoms with E-state index in [-0.39, 0.29) is 5.91 Å². The maximum absolute atomic E-state index is 12.2. The number of carbonyl (C=O) groups excluding carboxylic acids is 1. The molecule has 0 aromatic heterocycles. The summed E-state index contributed by atoms with van der Waals surface area (Å²) in [5.74, 6) is 1.84. The lowest BCUT2D eigenvalue weighted by Crippen LogP contribution is -2.35. The van der Waals surface area contributed by atoms with Gasteiger partial charge in [-0.1, -0.05) is 13.8 Å². The second-order valence-corrected chi connectivity index (χ2v) is 6.63. The molecule has 0 aliphatic carbocycles. The highest BCUT2D eigenvalue weighted by molar-refractivity contribution is 5.76. The van der Waals surface area contributed by atoms with E-state index in [9.17, 15) is 4.79 Å². The van der Waals surface area contributed by atoms with Gasteiger partial charge in [0, 0.05) is 26.6 Å². The van der Waals surface area contributed by atoms with Crippen LogP contribution < -0.4 is 5.73 Å². The average molecular weight is 269 g/mol. The quantitative estimate of drug-likeness (QED) is 0.760. The molecule has 4 heteroatoms. The molecule has 1 saturated heterocycles. The molecule has 1 fully saturated rings. The van der Waals surface area contributed by atoms with Gasteiger partial charge in [0.05, 0.1) is 0 Å². The lowest BCUT2D eigenvalue weighted by atomic mass is 9.93. The third-order valence-corrected chi connectivity index (χ3v) is 4.05. The van der Waals surface area contributed by atoms with Crippen molar-refractivity contribution in [2.45, 2.75) is 33.1 Å². The lowest BCUT2D eigenvalue weighted by molar-refractivity contribution is -0.131. The van der Waals surface area contributed by atoms with E-state index in [0.717, 1.165) is 26.1 Å². The Morgan fingerprint density at radius 1 is 1.47 bits per heavy atom. The molecule has 2 atom stereocenters. The number of rotatable bonds is 7. The van der Waals surface area contributed by atoms with Crippen molar-refractivity contribution < 1.29 is 4.79 Å². The van der Waals surface area contributed by atoms with E-state index in [4.69, 9.17) is 5.73 Å². The van der Waals surface area contributed by atoms with E-state index in [1.165, 1.54) is 6.42 Å². The molecular weight excluding hydrogens is 238 g/mol. The normalized spacial score (nSPS) is 21.9. The molecule has 0 aromatic carbocycles.